The van der Waals surface area contributed by atoms with E-state index in [-0.39, 0.29) is 37.7 Å². The molecule has 3 rings (SSSR count). The summed E-state index contributed by atoms with van der Waals surface area (Å²) < 4.78 is 90.3. The highest BCUT2D eigenvalue weighted by atomic mass is 32.2. The topological polar surface area (TPSA) is 264 Å². The van der Waals surface area contributed by atoms with Gasteiger partial charge in [-0.25, -0.2) is 17.8 Å². The number of nitriles is 1. The molecule has 0 radical (unpaired) electrons. The molecule has 1 saturated heterocycles. The Balaban J connectivity index is 0.00000107. The fourth-order valence-electron chi connectivity index (χ4n) is 5.59. The molecular formula is C41H61N4O16PS. The average Bonchev–Trinajstić information content (AvgIpc) is 3.19. The van der Waals surface area contributed by atoms with Crippen LogP contribution in [0.2, 0.25) is 0 Å². The van der Waals surface area contributed by atoms with Gasteiger partial charge in [0.15, 0.2) is 18.5 Å². The zero-order chi connectivity index (χ0) is 47.1. The number of hydrogen-bond donors (Lipinski definition) is 2. The maximum Gasteiger partial charge on any atom is 0.475 e. The lowest BCUT2D eigenvalue weighted by Gasteiger charge is -2.45. The van der Waals surface area contributed by atoms with Crippen LogP contribution < -0.4 is 10.6 Å². The Morgan fingerprint density at radius 3 is 2.06 bits per heavy atom. The number of hydrogen-bond acceptors (Lipinski definition) is 17. The molecule has 0 spiro atoms. The number of likely N-dealkylation sites (N-methyl/N-ethyl adjacent to an activating group) is 1. The Morgan fingerprint density at radius 2 is 1.48 bits per heavy atom. The van der Waals surface area contributed by atoms with E-state index in [9.17, 15) is 36.7 Å². The Morgan fingerprint density at radius 1 is 0.857 bits per heavy atom. The maximum absolute atomic E-state index is 13.6. The second-order valence-electron chi connectivity index (χ2n) is 15.3. The normalized spacial score (nSPS) is 19.5. The van der Waals surface area contributed by atoms with Gasteiger partial charge in [0.05, 0.1) is 51.7 Å². The summed E-state index contributed by atoms with van der Waals surface area (Å²) in [6.07, 6.45) is -2.89. The monoisotopic (exact) mass is 928 g/mol. The van der Waals surface area contributed by atoms with Crippen molar-refractivity contribution in [3.8, 4) is 6.07 Å². The summed E-state index contributed by atoms with van der Waals surface area (Å²) in [4.78, 5) is 48.5. The number of quaternary nitrogens is 1. The number of esters is 2. The second kappa shape index (κ2) is 27.6. The summed E-state index contributed by atoms with van der Waals surface area (Å²) >= 11 is 0. The molecule has 0 aromatic heterocycles. The molecule has 63 heavy (non-hydrogen) atoms. The van der Waals surface area contributed by atoms with Gasteiger partial charge in [-0.05, 0) is 37.5 Å². The van der Waals surface area contributed by atoms with Crippen molar-refractivity contribution in [2.75, 3.05) is 60.7 Å². The average molecular weight is 929 g/mol. The number of nitrogens with zero attached hydrogens (tertiary/aromatic N) is 2. The van der Waals surface area contributed by atoms with E-state index in [1.54, 1.807) is 12.1 Å². The first-order valence-corrected chi connectivity index (χ1v) is 23.1. The molecule has 2 N–H and O–H groups in total. The minimum atomic E-state index is -4.27. The predicted octanol–water partition coefficient (Wildman–Crippen LogP) is 4.26. The van der Waals surface area contributed by atoms with Gasteiger partial charge >= 0.3 is 25.9 Å². The zero-order valence-corrected chi connectivity index (χ0v) is 38.6. The van der Waals surface area contributed by atoms with Gasteiger partial charge in [0.2, 0.25) is 5.91 Å². The van der Waals surface area contributed by atoms with Crippen LogP contribution in [0, 0.1) is 18.3 Å². The van der Waals surface area contributed by atoms with Crippen molar-refractivity contribution in [3.63, 3.8) is 0 Å². The molecule has 1 fully saturated rings. The fourth-order valence-corrected chi connectivity index (χ4v) is 7.23. The molecule has 1 aliphatic heterocycles. The molecular weight excluding hydrogens is 868 g/mol. The van der Waals surface area contributed by atoms with E-state index in [4.69, 9.17) is 42.5 Å². The Kier molecular flexibility index (Phi) is 24.0. The molecule has 0 bridgehead atoms. The summed E-state index contributed by atoms with van der Waals surface area (Å²) in [7, 11) is -2.80. The molecule has 1 aliphatic rings. The number of amides is 2. The number of unbranched alkanes of at least 4 members (excludes halogenated alkanes) is 3. The van der Waals surface area contributed by atoms with Crippen molar-refractivity contribution < 1.29 is 78.5 Å². The van der Waals surface area contributed by atoms with Crippen molar-refractivity contribution in [1.29, 1.82) is 5.26 Å². The summed E-state index contributed by atoms with van der Waals surface area (Å²) in [5.74, 6) is -1.97. The number of carbonyl (C=O) groups is 4. The molecule has 20 nitrogen and oxygen atoms in total. The minimum Gasteiger partial charge on any atom is -0.744 e. The lowest BCUT2D eigenvalue weighted by Crippen LogP contribution is -2.66. The van der Waals surface area contributed by atoms with E-state index < -0.39 is 79.1 Å². The minimum absolute atomic E-state index is 0.00689. The van der Waals surface area contributed by atoms with E-state index >= 15 is 0 Å². The summed E-state index contributed by atoms with van der Waals surface area (Å²) in [5, 5.41) is 14.3. The molecule has 1 unspecified atom stereocenters. The number of benzene rings is 2. The van der Waals surface area contributed by atoms with Gasteiger partial charge in [0.25, 0.3) is 0 Å². The third-order valence-corrected chi connectivity index (χ3v) is 10.9. The Bertz CT molecular complexity index is 1930. The third-order valence-electron chi connectivity index (χ3n) is 8.64. The molecule has 22 heteroatoms. The van der Waals surface area contributed by atoms with Crippen LogP contribution in [0.25, 0.3) is 0 Å². The van der Waals surface area contributed by atoms with Gasteiger partial charge in [-0.3, -0.25) is 28.0 Å². The van der Waals surface area contributed by atoms with Crippen LogP contribution in [0.5, 0.6) is 0 Å². The van der Waals surface area contributed by atoms with Crippen LogP contribution in [0.15, 0.2) is 59.5 Å². The molecule has 0 aliphatic carbocycles. The first-order valence-electron chi connectivity index (χ1n) is 20.2. The van der Waals surface area contributed by atoms with Gasteiger partial charge in [0, 0.05) is 33.9 Å². The number of ether oxygens (including phenoxy) is 5. The Labute approximate surface area is 369 Å². The van der Waals surface area contributed by atoms with Crippen LogP contribution >= 0.6 is 7.82 Å². The fraction of sp³-hybridized carbons (Fsp3) is 0.585. The van der Waals surface area contributed by atoms with Crippen LogP contribution in [-0.2, 0) is 72.9 Å². The highest BCUT2D eigenvalue weighted by Crippen LogP contribution is 2.50. The third kappa shape index (κ3) is 23.1. The van der Waals surface area contributed by atoms with Crippen molar-refractivity contribution in [2.24, 2.45) is 0 Å². The summed E-state index contributed by atoms with van der Waals surface area (Å²) in [5.41, 5.74) is 1.82. The van der Waals surface area contributed by atoms with Crippen molar-refractivity contribution in [2.45, 2.75) is 102 Å². The highest BCUT2D eigenvalue weighted by molar-refractivity contribution is 7.85. The number of phosphoric ester groups is 1. The summed E-state index contributed by atoms with van der Waals surface area (Å²) in [6, 6.07) is 15.9. The predicted molar refractivity (Wildman–Crippen MR) is 224 cm³/mol. The van der Waals surface area contributed by atoms with E-state index in [0.717, 1.165) is 37.8 Å². The first-order chi connectivity index (χ1) is 29.6. The molecule has 0 saturated carbocycles. The number of rotatable bonds is 24. The van der Waals surface area contributed by atoms with E-state index in [0.29, 0.717) is 30.4 Å². The van der Waals surface area contributed by atoms with Crippen molar-refractivity contribution >= 4 is 41.9 Å². The van der Waals surface area contributed by atoms with Gasteiger partial charge in [0.1, 0.15) is 42.0 Å². The van der Waals surface area contributed by atoms with Crippen LogP contribution in [0.3, 0.4) is 0 Å². The molecule has 2 aromatic carbocycles. The van der Waals surface area contributed by atoms with E-state index in [1.165, 1.54) is 19.1 Å². The van der Waals surface area contributed by atoms with E-state index in [1.807, 2.05) is 64.5 Å². The molecule has 2 aromatic rings. The van der Waals surface area contributed by atoms with Crippen molar-refractivity contribution in [3.05, 3.63) is 65.7 Å². The van der Waals surface area contributed by atoms with Gasteiger partial charge < -0.3 is 43.4 Å². The zero-order valence-electron chi connectivity index (χ0n) is 36.9. The van der Waals surface area contributed by atoms with E-state index in [2.05, 4.69) is 10.6 Å². The smallest absolute Gasteiger partial charge is 0.475 e. The van der Waals surface area contributed by atoms with Gasteiger partial charge in [-0.1, -0.05) is 60.9 Å². The SMILES string of the molecule is CC(=O)N[C@H]1[C@H](OCCCCCCNC(=O)OCc2ccccc2)O[C@H](COP(=O)(OCCC#N)OCC[N+](C)(C)C)[C@H](OC(C)=O)[C@@H]1OC(C)=O.Cc1ccc(S(=O)(=O)[O-])cc1. The molecule has 352 valence electrons. The number of carbonyl (C=O) groups excluding carboxylic acids is 4. The quantitative estimate of drug-likeness (QED) is 0.0372. The largest absolute Gasteiger partial charge is 0.744 e. The lowest BCUT2D eigenvalue weighted by atomic mass is 9.96. The second-order valence-corrected chi connectivity index (χ2v) is 18.3. The first kappa shape index (κ1) is 54.6. The number of phosphoric acid groups is 1. The maximum atomic E-state index is 13.6. The van der Waals surface area contributed by atoms with Crippen molar-refractivity contribution in [1.82, 2.24) is 10.6 Å². The molecule has 6 atom stereocenters. The van der Waals surface area contributed by atoms with Gasteiger partial charge in [-0.15, -0.1) is 0 Å². The number of alkyl carbamates (subject to hydrolysis) is 1. The Hall–Kier alpha value is -4.49. The standard InChI is InChI=1S/C34H53N4O13P.C7H8O3S/c1-25(39)37-30-32(50-27(3)41)31(49-26(2)40)29(24-48-52(43,46-21-14-17-35)47-22-19-38(4,5)6)51-33(30)44-20-13-8-7-12-18-36-34(42)45-23-28-15-10-9-11-16-28;1-6-2-4-7(5-3-6)11(8,9)10/h9-11,15-16,29-33H,7-8,12-14,18-24H2,1-6H3,(H-,36,37,39,42);2-5H,1H3,(H,8,9,10)/t29-,30-,31+,32-,33-,52?;/m1./s1. The number of aryl methyl sites for hydroxylation is 1. The van der Waals surface area contributed by atoms with Crippen LogP contribution in [0.4, 0.5) is 4.79 Å². The number of nitrogens with one attached hydrogen (secondary N) is 2. The van der Waals surface area contributed by atoms with Crippen LogP contribution in [-0.4, -0.2) is 133 Å². The van der Waals surface area contributed by atoms with Crippen LogP contribution in [0.1, 0.15) is 64.0 Å². The molecule has 1 heterocycles. The summed E-state index contributed by atoms with van der Waals surface area (Å²) in [6.45, 7) is 5.82. The van der Waals surface area contributed by atoms with Gasteiger partial charge in [-0.2, -0.15) is 5.26 Å². The lowest BCUT2D eigenvalue weighted by molar-refractivity contribution is -0.870. The molecule has 2 amide bonds. The highest BCUT2D eigenvalue weighted by Gasteiger charge is 2.51.